The van der Waals surface area contributed by atoms with E-state index in [1.807, 2.05) is 24.6 Å². The van der Waals surface area contributed by atoms with Gasteiger partial charge in [0.1, 0.15) is 5.82 Å². The Morgan fingerprint density at radius 1 is 1.24 bits per heavy atom. The van der Waals surface area contributed by atoms with Crippen molar-refractivity contribution < 1.29 is 13.5 Å². The lowest BCUT2D eigenvalue weighted by Crippen LogP contribution is -2.12. The van der Waals surface area contributed by atoms with E-state index in [2.05, 4.69) is 4.98 Å². The van der Waals surface area contributed by atoms with Gasteiger partial charge in [0.2, 0.25) is 0 Å². The average molecular weight is 308 g/mol. The summed E-state index contributed by atoms with van der Waals surface area (Å²) < 4.78 is 24.7. The van der Waals surface area contributed by atoms with E-state index in [-0.39, 0.29) is 10.8 Å². The predicted molar refractivity (Wildman–Crippen MR) is 80.8 cm³/mol. The van der Waals surface area contributed by atoms with Gasteiger partial charge in [-0.25, -0.2) is 13.4 Å². The fraction of sp³-hybridized carbons (Fsp3) is 0.400. The van der Waals surface area contributed by atoms with Crippen molar-refractivity contribution >= 4 is 9.84 Å². The minimum absolute atomic E-state index is 0.254. The van der Waals surface area contributed by atoms with E-state index in [9.17, 15) is 13.5 Å². The molecular formula is C15H20N2O3S. The number of benzene rings is 1. The zero-order valence-corrected chi connectivity index (χ0v) is 13.2. The van der Waals surface area contributed by atoms with Crippen LogP contribution >= 0.6 is 0 Å². The van der Waals surface area contributed by atoms with Gasteiger partial charge in [-0.15, -0.1) is 0 Å². The molecule has 0 spiro atoms. The molecular weight excluding hydrogens is 288 g/mol. The summed E-state index contributed by atoms with van der Waals surface area (Å²) in [6.07, 6.45) is 4.02. The van der Waals surface area contributed by atoms with Crippen LogP contribution in [0.4, 0.5) is 0 Å². The van der Waals surface area contributed by atoms with Crippen LogP contribution in [0.2, 0.25) is 0 Å². The summed E-state index contributed by atoms with van der Waals surface area (Å²) in [5.74, 6) is 1.20. The van der Waals surface area contributed by atoms with Gasteiger partial charge >= 0.3 is 0 Å². The average Bonchev–Trinajstić information content (AvgIpc) is 2.86. The van der Waals surface area contributed by atoms with Gasteiger partial charge in [-0.05, 0) is 17.7 Å². The van der Waals surface area contributed by atoms with Gasteiger partial charge in [-0.3, -0.25) is 0 Å². The Bertz CT molecular complexity index is 703. The monoisotopic (exact) mass is 308 g/mol. The highest BCUT2D eigenvalue weighted by atomic mass is 32.2. The van der Waals surface area contributed by atoms with E-state index in [4.69, 9.17) is 0 Å². The van der Waals surface area contributed by atoms with Gasteiger partial charge in [0.05, 0.1) is 17.5 Å². The Morgan fingerprint density at radius 2 is 1.86 bits per heavy atom. The molecule has 0 saturated carbocycles. The minimum atomic E-state index is -3.21. The third kappa shape index (κ3) is 3.71. The molecule has 1 atom stereocenters. The second kappa shape index (κ2) is 5.99. The third-order valence-corrected chi connectivity index (χ3v) is 4.46. The molecule has 1 N–H and O–H groups in total. The SMILES string of the molecule is CC(C)c1nccn1CC(O)c1ccc(S(C)(=O)=O)cc1. The van der Waals surface area contributed by atoms with Gasteiger partial charge in [0.15, 0.2) is 9.84 Å². The molecule has 2 rings (SSSR count). The molecule has 5 nitrogen and oxygen atoms in total. The smallest absolute Gasteiger partial charge is 0.175 e. The Labute approximate surface area is 125 Å². The Hall–Kier alpha value is -1.66. The highest BCUT2D eigenvalue weighted by Crippen LogP contribution is 2.20. The number of sulfone groups is 1. The van der Waals surface area contributed by atoms with Crippen molar-refractivity contribution in [2.75, 3.05) is 6.26 Å². The number of aromatic nitrogens is 2. The Kier molecular flexibility index (Phi) is 4.49. The number of rotatable bonds is 5. The van der Waals surface area contributed by atoms with Crippen LogP contribution in [0.1, 0.15) is 37.3 Å². The van der Waals surface area contributed by atoms with Crippen molar-refractivity contribution in [3.05, 3.63) is 48.0 Å². The first-order valence-corrected chi connectivity index (χ1v) is 8.67. The summed E-state index contributed by atoms with van der Waals surface area (Å²) in [6, 6.07) is 6.33. The summed E-state index contributed by atoms with van der Waals surface area (Å²) in [5.41, 5.74) is 0.686. The first kappa shape index (κ1) is 15.7. The number of hydrogen-bond donors (Lipinski definition) is 1. The number of aliphatic hydroxyl groups is 1. The van der Waals surface area contributed by atoms with E-state index in [1.165, 1.54) is 18.4 Å². The van der Waals surface area contributed by atoms with Gasteiger partial charge < -0.3 is 9.67 Å². The summed E-state index contributed by atoms with van der Waals surface area (Å²) >= 11 is 0. The van der Waals surface area contributed by atoms with E-state index >= 15 is 0 Å². The molecule has 0 bridgehead atoms. The summed E-state index contributed by atoms with van der Waals surface area (Å²) in [7, 11) is -3.21. The molecule has 21 heavy (non-hydrogen) atoms. The third-order valence-electron chi connectivity index (χ3n) is 3.33. The van der Waals surface area contributed by atoms with Crippen molar-refractivity contribution in [1.29, 1.82) is 0 Å². The zero-order valence-electron chi connectivity index (χ0n) is 12.4. The molecule has 0 amide bonds. The summed E-state index contributed by atoms with van der Waals surface area (Å²) in [6.45, 7) is 4.49. The summed E-state index contributed by atoms with van der Waals surface area (Å²) in [5, 5.41) is 10.3. The maximum Gasteiger partial charge on any atom is 0.175 e. The van der Waals surface area contributed by atoms with Crippen molar-refractivity contribution in [1.82, 2.24) is 9.55 Å². The fourth-order valence-corrected chi connectivity index (χ4v) is 2.84. The van der Waals surface area contributed by atoms with Crippen molar-refractivity contribution in [2.24, 2.45) is 0 Å². The molecule has 6 heteroatoms. The van der Waals surface area contributed by atoms with Crippen molar-refractivity contribution in [3.8, 4) is 0 Å². The van der Waals surface area contributed by atoms with Crippen LogP contribution in [-0.2, 0) is 16.4 Å². The van der Waals surface area contributed by atoms with Crippen LogP contribution in [0.3, 0.4) is 0 Å². The van der Waals surface area contributed by atoms with Crippen LogP contribution < -0.4 is 0 Å². The zero-order chi connectivity index (χ0) is 15.6. The first-order valence-electron chi connectivity index (χ1n) is 6.78. The molecule has 114 valence electrons. The van der Waals surface area contributed by atoms with E-state index in [0.29, 0.717) is 12.1 Å². The fourth-order valence-electron chi connectivity index (χ4n) is 2.20. The topological polar surface area (TPSA) is 72.2 Å². The van der Waals surface area contributed by atoms with Crippen molar-refractivity contribution in [2.45, 2.75) is 37.3 Å². The number of aliphatic hydroxyl groups excluding tert-OH is 1. The molecule has 1 unspecified atom stereocenters. The number of hydrogen-bond acceptors (Lipinski definition) is 4. The van der Waals surface area contributed by atoms with E-state index < -0.39 is 15.9 Å². The Balaban J connectivity index is 2.17. The van der Waals surface area contributed by atoms with Crippen LogP contribution in [0.25, 0.3) is 0 Å². The normalized spacial score (nSPS) is 13.6. The first-order chi connectivity index (χ1) is 9.79. The molecule has 2 aromatic rings. The van der Waals surface area contributed by atoms with Crippen LogP contribution in [0.15, 0.2) is 41.6 Å². The highest BCUT2D eigenvalue weighted by molar-refractivity contribution is 7.90. The lowest BCUT2D eigenvalue weighted by atomic mass is 10.1. The molecule has 1 aromatic heterocycles. The number of nitrogens with zero attached hydrogens (tertiary/aromatic N) is 2. The molecule has 0 saturated heterocycles. The Morgan fingerprint density at radius 3 is 2.38 bits per heavy atom. The maximum atomic E-state index is 11.4. The number of imidazole rings is 1. The quantitative estimate of drug-likeness (QED) is 0.918. The van der Waals surface area contributed by atoms with Crippen LogP contribution in [0, 0.1) is 0 Å². The van der Waals surface area contributed by atoms with Gasteiger partial charge in [-0.1, -0.05) is 26.0 Å². The molecule has 0 radical (unpaired) electrons. The largest absolute Gasteiger partial charge is 0.387 e. The maximum absolute atomic E-state index is 11.4. The minimum Gasteiger partial charge on any atom is -0.387 e. The summed E-state index contributed by atoms with van der Waals surface area (Å²) in [4.78, 5) is 4.54. The molecule has 0 aliphatic rings. The lowest BCUT2D eigenvalue weighted by Gasteiger charge is -2.15. The van der Waals surface area contributed by atoms with Crippen molar-refractivity contribution in [3.63, 3.8) is 0 Å². The molecule has 1 aromatic carbocycles. The molecule has 1 heterocycles. The standard InChI is InChI=1S/C15H20N2O3S/c1-11(2)15-16-8-9-17(15)10-14(18)12-4-6-13(7-5-12)21(3,19)20/h4-9,11,14,18H,10H2,1-3H3. The van der Waals surface area contributed by atoms with E-state index in [1.54, 1.807) is 18.3 Å². The van der Waals surface area contributed by atoms with Crippen LogP contribution in [0.5, 0.6) is 0 Å². The second-order valence-electron chi connectivity index (χ2n) is 5.45. The van der Waals surface area contributed by atoms with E-state index in [0.717, 1.165) is 5.82 Å². The van der Waals surface area contributed by atoms with Crippen LogP contribution in [-0.4, -0.2) is 29.3 Å². The molecule has 0 aliphatic heterocycles. The van der Waals surface area contributed by atoms with Gasteiger partial charge in [0, 0.05) is 24.6 Å². The molecule has 0 aliphatic carbocycles. The van der Waals surface area contributed by atoms with Gasteiger partial charge in [0.25, 0.3) is 0 Å². The molecule has 0 fully saturated rings. The highest BCUT2D eigenvalue weighted by Gasteiger charge is 2.14. The lowest BCUT2D eigenvalue weighted by molar-refractivity contribution is 0.155. The van der Waals surface area contributed by atoms with Gasteiger partial charge in [-0.2, -0.15) is 0 Å². The predicted octanol–water partition coefficient (Wildman–Crippen LogP) is 2.14. The second-order valence-corrected chi connectivity index (χ2v) is 7.47.